The molecule has 0 saturated heterocycles. The predicted octanol–water partition coefficient (Wildman–Crippen LogP) is 3.69. The largest absolute Gasteiger partial charge is 0.495 e. The van der Waals surface area contributed by atoms with E-state index in [1.807, 2.05) is 45.9 Å². The summed E-state index contributed by atoms with van der Waals surface area (Å²) in [4.78, 5) is 12.5. The highest BCUT2D eigenvalue weighted by Crippen LogP contribution is 2.30. The van der Waals surface area contributed by atoms with E-state index in [4.69, 9.17) is 4.74 Å². The molecule has 0 atom stereocenters. The molecular formula is C21H28N2O4S. The van der Waals surface area contributed by atoms with Gasteiger partial charge in [-0.25, -0.2) is 8.42 Å². The number of ether oxygens (including phenoxy) is 1. The first-order chi connectivity index (χ1) is 13.1. The van der Waals surface area contributed by atoms with Crippen LogP contribution in [-0.4, -0.2) is 39.3 Å². The maximum absolute atomic E-state index is 13.1. The topological polar surface area (TPSA) is 75.7 Å². The van der Waals surface area contributed by atoms with Crippen LogP contribution in [0.3, 0.4) is 0 Å². The number of nitrogens with zero attached hydrogens (tertiary/aromatic N) is 1. The lowest BCUT2D eigenvalue weighted by molar-refractivity contribution is -0.116. The van der Waals surface area contributed by atoms with E-state index in [0.717, 1.165) is 21.0 Å². The molecule has 0 aliphatic carbocycles. The van der Waals surface area contributed by atoms with Crippen molar-refractivity contribution in [3.63, 3.8) is 0 Å². The van der Waals surface area contributed by atoms with Crippen molar-refractivity contribution in [2.45, 2.75) is 38.5 Å². The highest BCUT2D eigenvalue weighted by atomic mass is 32.2. The molecule has 6 nitrogen and oxygen atoms in total. The summed E-state index contributed by atoms with van der Waals surface area (Å²) >= 11 is 0. The zero-order chi connectivity index (χ0) is 21.1. The molecule has 0 spiro atoms. The lowest BCUT2D eigenvalue weighted by atomic mass is 10.0. The van der Waals surface area contributed by atoms with Crippen LogP contribution in [0.4, 0.5) is 5.69 Å². The van der Waals surface area contributed by atoms with Crippen LogP contribution >= 0.6 is 0 Å². The van der Waals surface area contributed by atoms with Gasteiger partial charge in [0.25, 0.3) is 0 Å². The summed E-state index contributed by atoms with van der Waals surface area (Å²) in [6.07, 6.45) is 0. The Bertz CT molecular complexity index is 968. The van der Waals surface area contributed by atoms with Crippen LogP contribution in [0.5, 0.6) is 5.75 Å². The van der Waals surface area contributed by atoms with E-state index in [0.29, 0.717) is 5.69 Å². The van der Waals surface area contributed by atoms with Gasteiger partial charge in [0, 0.05) is 12.7 Å². The number of hydrogen-bond acceptors (Lipinski definition) is 4. The van der Waals surface area contributed by atoms with Gasteiger partial charge in [-0.2, -0.15) is 4.31 Å². The number of amides is 1. The molecule has 1 N–H and O–H groups in total. The standard InChI is InChI=1S/C21H28N2O4S/c1-14(2)17-10-11-19(27-6)20(12-17)28(25,26)23(5)13-21(24)22-18-9-7-8-15(3)16(18)4/h7-12,14H,13H2,1-6H3,(H,22,24). The lowest BCUT2D eigenvalue weighted by Gasteiger charge is -2.20. The molecule has 0 fully saturated rings. The molecular weight excluding hydrogens is 376 g/mol. The van der Waals surface area contributed by atoms with E-state index in [2.05, 4.69) is 5.32 Å². The van der Waals surface area contributed by atoms with Crippen LogP contribution in [0.2, 0.25) is 0 Å². The maximum Gasteiger partial charge on any atom is 0.246 e. The number of hydrogen-bond donors (Lipinski definition) is 1. The maximum atomic E-state index is 13.1. The van der Waals surface area contributed by atoms with Crippen molar-refractivity contribution >= 4 is 21.6 Å². The van der Waals surface area contributed by atoms with Gasteiger partial charge in [-0.3, -0.25) is 4.79 Å². The molecule has 0 unspecified atom stereocenters. The normalized spacial score (nSPS) is 11.7. The van der Waals surface area contributed by atoms with Crippen molar-refractivity contribution in [1.29, 1.82) is 0 Å². The van der Waals surface area contributed by atoms with Crippen LogP contribution in [0.25, 0.3) is 0 Å². The highest BCUT2D eigenvalue weighted by molar-refractivity contribution is 7.89. The van der Waals surface area contributed by atoms with Gasteiger partial charge in [-0.1, -0.05) is 32.0 Å². The Morgan fingerprint density at radius 1 is 1.18 bits per heavy atom. The number of methoxy groups -OCH3 is 1. The average Bonchev–Trinajstić information content (AvgIpc) is 2.64. The van der Waals surface area contributed by atoms with Crippen molar-refractivity contribution < 1.29 is 17.9 Å². The second-order valence-electron chi connectivity index (χ2n) is 7.12. The minimum atomic E-state index is -3.90. The van der Waals surface area contributed by atoms with E-state index in [-0.39, 0.29) is 23.1 Å². The second-order valence-corrected chi connectivity index (χ2v) is 9.14. The summed E-state index contributed by atoms with van der Waals surface area (Å²) in [5.41, 5.74) is 3.56. The fourth-order valence-corrected chi connectivity index (χ4v) is 4.10. The summed E-state index contributed by atoms with van der Waals surface area (Å²) < 4.78 is 32.4. The van der Waals surface area contributed by atoms with E-state index in [9.17, 15) is 13.2 Å². The molecule has 152 valence electrons. The molecule has 2 rings (SSSR count). The minimum Gasteiger partial charge on any atom is -0.495 e. The van der Waals surface area contributed by atoms with Crippen molar-refractivity contribution in [2.75, 3.05) is 26.0 Å². The van der Waals surface area contributed by atoms with Gasteiger partial charge in [0.05, 0.1) is 13.7 Å². The first-order valence-corrected chi connectivity index (χ1v) is 10.5. The first kappa shape index (κ1) is 21.9. The molecule has 0 saturated carbocycles. The summed E-state index contributed by atoms with van der Waals surface area (Å²) in [5, 5.41) is 2.79. The number of likely N-dealkylation sites (N-methyl/N-ethyl adjacent to an activating group) is 1. The number of anilines is 1. The van der Waals surface area contributed by atoms with Crippen molar-refractivity contribution in [2.24, 2.45) is 0 Å². The second kappa shape index (κ2) is 8.75. The molecule has 7 heteroatoms. The lowest BCUT2D eigenvalue weighted by Crippen LogP contribution is -2.35. The first-order valence-electron chi connectivity index (χ1n) is 9.08. The third kappa shape index (κ3) is 4.72. The minimum absolute atomic E-state index is 0.0586. The number of aryl methyl sites for hydroxylation is 1. The van der Waals surface area contributed by atoms with Gasteiger partial charge in [-0.15, -0.1) is 0 Å². The summed E-state index contributed by atoms with van der Waals surface area (Å²) in [6, 6.07) is 10.7. The van der Waals surface area contributed by atoms with Gasteiger partial charge in [0.2, 0.25) is 15.9 Å². The number of carbonyl (C=O) groups is 1. The molecule has 2 aromatic carbocycles. The number of rotatable bonds is 7. The van der Waals surface area contributed by atoms with Gasteiger partial charge in [-0.05, 0) is 54.7 Å². The molecule has 0 aromatic heterocycles. The molecule has 28 heavy (non-hydrogen) atoms. The Hall–Kier alpha value is -2.38. The monoisotopic (exact) mass is 404 g/mol. The van der Waals surface area contributed by atoms with Crippen LogP contribution in [0, 0.1) is 13.8 Å². The zero-order valence-corrected chi connectivity index (χ0v) is 18.1. The van der Waals surface area contributed by atoms with Crippen LogP contribution in [-0.2, 0) is 14.8 Å². The molecule has 0 heterocycles. The predicted molar refractivity (Wildman–Crippen MR) is 111 cm³/mol. The number of nitrogens with one attached hydrogen (secondary N) is 1. The fraction of sp³-hybridized carbons (Fsp3) is 0.381. The smallest absolute Gasteiger partial charge is 0.246 e. The van der Waals surface area contributed by atoms with Gasteiger partial charge in [0.1, 0.15) is 10.6 Å². The molecule has 2 aromatic rings. The quantitative estimate of drug-likeness (QED) is 0.764. The Balaban J connectivity index is 2.25. The van der Waals surface area contributed by atoms with Gasteiger partial charge < -0.3 is 10.1 Å². The van der Waals surface area contributed by atoms with Crippen LogP contribution < -0.4 is 10.1 Å². The van der Waals surface area contributed by atoms with Gasteiger partial charge in [0.15, 0.2) is 0 Å². The van der Waals surface area contributed by atoms with E-state index in [1.54, 1.807) is 18.2 Å². The third-order valence-corrected chi connectivity index (χ3v) is 6.61. The molecule has 0 aliphatic rings. The average molecular weight is 405 g/mol. The van der Waals surface area contributed by atoms with Crippen molar-refractivity contribution in [3.8, 4) is 5.75 Å². The SMILES string of the molecule is COc1ccc(C(C)C)cc1S(=O)(=O)N(C)CC(=O)Nc1cccc(C)c1C. The van der Waals surface area contributed by atoms with E-state index < -0.39 is 15.9 Å². The van der Waals surface area contributed by atoms with E-state index >= 15 is 0 Å². The number of benzene rings is 2. The van der Waals surface area contributed by atoms with Gasteiger partial charge >= 0.3 is 0 Å². The Morgan fingerprint density at radius 3 is 2.46 bits per heavy atom. The summed E-state index contributed by atoms with van der Waals surface area (Å²) in [7, 11) is -1.08. The zero-order valence-electron chi connectivity index (χ0n) is 17.2. The molecule has 0 bridgehead atoms. The molecule has 0 aliphatic heterocycles. The molecule has 0 radical (unpaired) electrons. The third-order valence-electron chi connectivity index (χ3n) is 4.79. The van der Waals surface area contributed by atoms with Crippen molar-refractivity contribution in [3.05, 3.63) is 53.1 Å². The van der Waals surface area contributed by atoms with Crippen molar-refractivity contribution in [1.82, 2.24) is 4.31 Å². The summed E-state index contributed by atoms with van der Waals surface area (Å²) in [5.74, 6) is 0.0164. The van der Waals surface area contributed by atoms with Crippen LogP contribution in [0.15, 0.2) is 41.3 Å². The number of carbonyl (C=O) groups excluding carboxylic acids is 1. The molecule has 1 amide bonds. The number of sulfonamides is 1. The Kier molecular flexibility index (Phi) is 6.85. The Labute approximate surface area is 167 Å². The Morgan fingerprint density at radius 2 is 1.86 bits per heavy atom. The highest BCUT2D eigenvalue weighted by Gasteiger charge is 2.27. The van der Waals surface area contributed by atoms with E-state index in [1.165, 1.54) is 14.2 Å². The fourth-order valence-electron chi connectivity index (χ4n) is 2.79. The van der Waals surface area contributed by atoms with Crippen LogP contribution in [0.1, 0.15) is 36.5 Å². The summed E-state index contributed by atoms with van der Waals surface area (Å²) in [6.45, 7) is 7.53.